The molecule has 0 atom stereocenters. The molecule has 0 saturated heterocycles. The van der Waals surface area contributed by atoms with Gasteiger partial charge in [0.2, 0.25) is 0 Å². The SMILES string of the molecule is c1ccc2c(c1)OCCCCOc1ccccc1OCCCCO2. The molecule has 0 aromatic heterocycles. The van der Waals surface area contributed by atoms with Crippen LogP contribution < -0.4 is 18.9 Å². The molecule has 4 heteroatoms. The van der Waals surface area contributed by atoms with Gasteiger partial charge in [-0.1, -0.05) is 24.3 Å². The second kappa shape index (κ2) is 9.06. The Morgan fingerprint density at radius 1 is 0.417 bits per heavy atom. The van der Waals surface area contributed by atoms with Crippen LogP contribution in [0.25, 0.3) is 0 Å². The third-order valence-electron chi connectivity index (χ3n) is 3.81. The minimum Gasteiger partial charge on any atom is -0.490 e. The zero-order valence-electron chi connectivity index (χ0n) is 13.9. The Bertz CT molecular complexity index is 517. The number of ether oxygens (including phenoxy) is 4. The zero-order chi connectivity index (χ0) is 16.5. The molecule has 0 radical (unpaired) electrons. The topological polar surface area (TPSA) is 36.9 Å². The summed E-state index contributed by atoms with van der Waals surface area (Å²) in [6.07, 6.45) is 3.71. The smallest absolute Gasteiger partial charge is 0.161 e. The maximum Gasteiger partial charge on any atom is 0.161 e. The minimum atomic E-state index is 0.655. The molecule has 0 aliphatic carbocycles. The molecule has 0 amide bonds. The van der Waals surface area contributed by atoms with E-state index < -0.39 is 0 Å². The van der Waals surface area contributed by atoms with Gasteiger partial charge in [0.15, 0.2) is 23.0 Å². The van der Waals surface area contributed by atoms with Crippen LogP contribution in [0.2, 0.25) is 0 Å². The fourth-order valence-electron chi connectivity index (χ4n) is 2.51. The number of hydrogen-bond donors (Lipinski definition) is 0. The van der Waals surface area contributed by atoms with Crippen LogP contribution in [0, 0.1) is 0 Å². The molecular weight excluding hydrogens is 304 g/mol. The van der Waals surface area contributed by atoms with Crippen molar-refractivity contribution in [3.8, 4) is 23.0 Å². The summed E-state index contributed by atoms with van der Waals surface area (Å²) in [4.78, 5) is 0. The first-order chi connectivity index (χ1) is 11.9. The fourth-order valence-corrected chi connectivity index (χ4v) is 2.51. The highest BCUT2D eigenvalue weighted by Gasteiger charge is 2.07. The third kappa shape index (κ3) is 4.82. The second-order valence-electron chi connectivity index (χ2n) is 5.70. The molecule has 1 aliphatic rings. The first-order valence-corrected chi connectivity index (χ1v) is 8.63. The first-order valence-electron chi connectivity index (χ1n) is 8.63. The van der Waals surface area contributed by atoms with Gasteiger partial charge < -0.3 is 18.9 Å². The van der Waals surface area contributed by atoms with Crippen LogP contribution >= 0.6 is 0 Å². The van der Waals surface area contributed by atoms with E-state index in [0.29, 0.717) is 26.4 Å². The van der Waals surface area contributed by atoms with Crippen LogP contribution in [0.5, 0.6) is 23.0 Å². The van der Waals surface area contributed by atoms with E-state index in [4.69, 9.17) is 18.9 Å². The second-order valence-corrected chi connectivity index (χ2v) is 5.70. The summed E-state index contributed by atoms with van der Waals surface area (Å²) in [5.74, 6) is 3.25. The van der Waals surface area contributed by atoms with Gasteiger partial charge in [0.1, 0.15) is 0 Å². The Hall–Kier alpha value is -2.36. The lowest BCUT2D eigenvalue weighted by molar-refractivity contribution is 0.223. The van der Waals surface area contributed by atoms with Crippen LogP contribution in [-0.4, -0.2) is 26.4 Å². The molecule has 128 valence electrons. The van der Waals surface area contributed by atoms with Gasteiger partial charge >= 0.3 is 0 Å². The van der Waals surface area contributed by atoms with E-state index in [2.05, 4.69) is 0 Å². The highest BCUT2D eigenvalue weighted by Crippen LogP contribution is 2.28. The summed E-state index contributed by atoms with van der Waals surface area (Å²) in [7, 11) is 0. The van der Waals surface area contributed by atoms with E-state index in [1.165, 1.54) is 0 Å². The molecule has 3 rings (SSSR count). The van der Waals surface area contributed by atoms with Crippen molar-refractivity contribution in [3.05, 3.63) is 48.5 Å². The van der Waals surface area contributed by atoms with Gasteiger partial charge in [-0.05, 0) is 49.9 Å². The van der Waals surface area contributed by atoms with Gasteiger partial charge in [0, 0.05) is 0 Å². The molecule has 2 aromatic carbocycles. The van der Waals surface area contributed by atoms with Crippen molar-refractivity contribution in [3.63, 3.8) is 0 Å². The predicted molar refractivity (Wildman–Crippen MR) is 93.3 cm³/mol. The van der Waals surface area contributed by atoms with Gasteiger partial charge in [-0.2, -0.15) is 0 Å². The summed E-state index contributed by atoms with van der Waals surface area (Å²) in [6.45, 7) is 2.62. The van der Waals surface area contributed by atoms with Gasteiger partial charge in [0.25, 0.3) is 0 Å². The average molecular weight is 328 g/mol. The van der Waals surface area contributed by atoms with Gasteiger partial charge in [-0.25, -0.2) is 0 Å². The molecule has 0 N–H and O–H groups in total. The monoisotopic (exact) mass is 328 g/mol. The van der Waals surface area contributed by atoms with Crippen LogP contribution in [0.3, 0.4) is 0 Å². The van der Waals surface area contributed by atoms with Crippen molar-refractivity contribution in [1.82, 2.24) is 0 Å². The molecule has 1 aliphatic heterocycles. The van der Waals surface area contributed by atoms with E-state index >= 15 is 0 Å². The Labute approximate surface area is 143 Å². The number of para-hydroxylation sites is 4. The number of hydrogen-bond acceptors (Lipinski definition) is 4. The maximum absolute atomic E-state index is 5.85. The van der Waals surface area contributed by atoms with E-state index in [1.807, 2.05) is 48.5 Å². The largest absolute Gasteiger partial charge is 0.490 e. The molecule has 1 heterocycles. The summed E-state index contributed by atoms with van der Waals surface area (Å²) in [6, 6.07) is 15.7. The summed E-state index contributed by atoms with van der Waals surface area (Å²) in [5, 5.41) is 0. The molecule has 0 spiro atoms. The summed E-state index contributed by atoms with van der Waals surface area (Å²) in [5.41, 5.74) is 0. The maximum atomic E-state index is 5.85. The van der Waals surface area contributed by atoms with Gasteiger partial charge in [0.05, 0.1) is 26.4 Å². The van der Waals surface area contributed by atoms with Crippen molar-refractivity contribution in [2.75, 3.05) is 26.4 Å². The minimum absolute atomic E-state index is 0.655. The summed E-state index contributed by atoms with van der Waals surface area (Å²) < 4.78 is 23.4. The first kappa shape index (κ1) is 16.5. The Morgan fingerprint density at radius 2 is 0.667 bits per heavy atom. The molecular formula is C20H24O4. The van der Waals surface area contributed by atoms with Crippen LogP contribution in [0.15, 0.2) is 48.5 Å². The lowest BCUT2D eigenvalue weighted by atomic mass is 10.3. The molecule has 4 nitrogen and oxygen atoms in total. The quantitative estimate of drug-likeness (QED) is 0.715. The lowest BCUT2D eigenvalue weighted by Gasteiger charge is -2.15. The van der Waals surface area contributed by atoms with E-state index in [1.54, 1.807) is 0 Å². The number of fused-ring (bicyclic) bond motifs is 2. The van der Waals surface area contributed by atoms with Crippen LogP contribution in [-0.2, 0) is 0 Å². The Balaban J connectivity index is 1.61. The van der Waals surface area contributed by atoms with Gasteiger partial charge in [-0.3, -0.25) is 0 Å². The normalized spacial score (nSPS) is 16.3. The van der Waals surface area contributed by atoms with Crippen molar-refractivity contribution in [1.29, 1.82) is 0 Å². The number of benzene rings is 2. The Kier molecular flexibility index (Phi) is 6.23. The average Bonchev–Trinajstić information content (AvgIpc) is 2.62. The Morgan fingerprint density at radius 3 is 0.917 bits per heavy atom. The van der Waals surface area contributed by atoms with Crippen LogP contribution in [0.4, 0.5) is 0 Å². The molecule has 0 saturated carbocycles. The van der Waals surface area contributed by atoms with Gasteiger partial charge in [-0.15, -0.1) is 0 Å². The third-order valence-corrected chi connectivity index (χ3v) is 3.81. The van der Waals surface area contributed by atoms with E-state index in [-0.39, 0.29) is 0 Å². The van der Waals surface area contributed by atoms with Crippen molar-refractivity contribution in [2.24, 2.45) is 0 Å². The number of rotatable bonds is 0. The van der Waals surface area contributed by atoms with Crippen molar-refractivity contribution in [2.45, 2.75) is 25.7 Å². The zero-order valence-corrected chi connectivity index (χ0v) is 13.9. The van der Waals surface area contributed by atoms with Crippen molar-refractivity contribution >= 4 is 0 Å². The molecule has 0 bridgehead atoms. The lowest BCUT2D eigenvalue weighted by Crippen LogP contribution is -2.07. The van der Waals surface area contributed by atoms with Crippen LogP contribution in [0.1, 0.15) is 25.7 Å². The molecule has 0 fully saturated rings. The highest BCUT2D eigenvalue weighted by molar-refractivity contribution is 5.40. The highest BCUT2D eigenvalue weighted by atomic mass is 16.5. The molecule has 24 heavy (non-hydrogen) atoms. The molecule has 2 aromatic rings. The van der Waals surface area contributed by atoms with Crippen molar-refractivity contribution < 1.29 is 18.9 Å². The fraction of sp³-hybridized carbons (Fsp3) is 0.400. The molecule has 0 unspecified atom stereocenters. The standard InChI is InChI=1S/C20H24O4/c1-2-10-18-17(9-1)21-13-5-6-15-23-19-11-3-4-12-20(19)24-16-8-7-14-22-18/h1-4,9-12H,5-8,13-16H2. The van der Waals surface area contributed by atoms with E-state index in [0.717, 1.165) is 48.7 Å². The van der Waals surface area contributed by atoms with E-state index in [9.17, 15) is 0 Å². The predicted octanol–water partition coefficient (Wildman–Crippen LogP) is 4.48. The summed E-state index contributed by atoms with van der Waals surface area (Å²) >= 11 is 0.